The highest BCUT2D eigenvalue weighted by molar-refractivity contribution is 5.04. The van der Waals surface area contributed by atoms with Gasteiger partial charge in [-0.15, -0.1) is 0 Å². The first-order valence-corrected chi connectivity index (χ1v) is 6.17. The van der Waals surface area contributed by atoms with Crippen LogP contribution >= 0.6 is 0 Å². The van der Waals surface area contributed by atoms with Gasteiger partial charge >= 0.3 is 0 Å². The smallest absolute Gasteiger partial charge is 0.000744 e. The Morgan fingerprint density at radius 3 is 2.50 bits per heavy atom. The van der Waals surface area contributed by atoms with Crippen LogP contribution in [0.1, 0.15) is 45.4 Å². The molecule has 16 heavy (non-hydrogen) atoms. The summed E-state index contributed by atoms with van der Waals surface area (Å²) in [7, 11) is 0. The molecule has 2 N–H and O–H groups in total. The lowest BCUT2D eigenvalue weighted by molar-refractivity contribution is 0.739. The average molecular weight is 219 g/mol. The van der Waals surface area contributed by atoms with Crippen LogP contribution in [0, 0.1) is 0 Å². The van der Waals surface area contributed by atoms with Crippen molar-refractivity contribution in [3.8, 4) is 0 Å². The van der Waals surface area contributed by atoms with Gasteiger partial charge in [0.05, 0.1) is 0 Å². The van der Waals surface area contributed by atoms with Gasteiger partial charge in [0.1, 0.15) is 0 Å². The summed E-state index contributed by atoms with van der Waals surface area (Å²) >= 11 is 0. The van der Waals surface area contributed by atoms with Crippen molar-refractivity contribution in [1.29, 1.82) is 0 Å². The molecule has 90 valence electrons. The van der Waals surface area contributed by atoms with Crippen LogP contribution in [0.4, 0.5) is 0 Å². The molecule has 0 aliphatic rings. The second-order valence-electron chi connectivity index (χ2n) is 3.88. The molecule has 0 rings (SSSR count). The summed E-state index contributed by atoms with van der Waals surface area (Å²) in [5.41, 5.74) is 6.28. The normalized spacial score (nSPS) is 12.1. The van der Waals surface area contributed by atoms with Gasteiger partial charge in [-0.25, -0.2) is 0 Å². The number of hydrogen-bond acceptors (Lipinski definition) is 1. The van der Waals surface area contributed by atoms with E-state index in [2.05, 4.69) is 50.0 Å². The van der Waals surface area contributed by atoms with E-state index in [4.69, 9.17) is 5.73 Å². The molecule has 0 unspecified atom stereocenters. The predicted octanol–water partition coefficient (Wildman–Crippen LogP) is 4.49. The van der Waals surface area contributed by atoms with Gasteiger partial charge in [-0.2, -0.15) is 0 Å². The Hall–Kier alpha value is -1.24. The van der Waals surface area contributed by atoms with Gasteiger partial charge in [0.15, 0.2) is 0 Å². The molecule has 0 fully saturated rings. The lowest BCUT2D eigenvalue weighted by Crippen LogP contribution is -1.93. The minimum atomic E-state index is 0.798. The van der Waals surface area contributed by atoms with Crippen molar-refractivity contribution in [3.63, 3.8) is 0 Å². The molecule has 0 saturated carbocycles. The van der Waals surface area contributed by atoms with Crippen molar-refractivity contribution in [2.24, 2.45) is 5.73 Å². The Labute approximate surface area is 100 Å². The van der Waals surface area contributed by atoms with Gasteiger partial charge in [-0.3, -0.25) is 0 Å². The van der Waals surface area contributed by atoms with Crippen LogP contribution in [0.5, 0.6) is 0 Å². The molecule has 0 bridgehead atoms. The Kier molecular flexibility index (Phi) is 10.9. The fourth-order valence-electron chi connectivity index (χ4n) is 1.29. The van der Waals surface area contributed by atoms with Crippen molar-refractivity contribution >= 4 is 0 Å². The standard InChI is InChI=1S/C15H25N/c1-3-4-5-6-7-8-9-10-11-12-13-14-15(2)16/h4-5,7-10H,2-3,6,11-14,16H2,1H3/b5-4-,8-7-,10-9+. The molecular weight excluding hydrogens is 194 g/mol. The van der Waals surface area contributed by atoms with E-state index in [9.17, 15) is 0 Å². The first-order valence-electron chi connectivity index (χ1n) is 6.17. The second kappa shape index (κ2) is 11.8. The van der Waals surface area contributed by atoms with E-state index in [1.807, 2.05) is 0 Å². The van der Waals surface area contributed by atoms with Crippen LogP contribution in [-0.4, -0.2) is 0 Å². The monoisotopic (exact) mass is 219 g/mol. The largest absolute Gasteiger partial charge is 0.403 e. The quantitative estimate of drug-likeness (QED) is 0.345. The fraction of sp³-hybridized carbons (Fsp3) is 0.467. The van der Waals surface area contributed by atoms with E-state index in [0.29, 0.717) is 0 Å². The maximum absolute atomic E-state index is 5.48. The van der Waals surface area contributed by atoms with Crippen LogP contribution in [0.3, 0.4) is 0 Å². The highest BCUT2D eigenvalue weighted by Crippen LogP contribution is 2.03. The molecule has 0 radical (unpaired) electrons. The van der Waals surface area contributed by atoms with Crippen molar-refractivity contribution in [3.05, 3.63) is 48.7 Å². The summed E-state index contributed by atoms with van der Waals surface area (Å²) < 4.78 is 0. The molecule has 1 heteroatoms. The molecule has 0 heterocycles. The molecule has 0 spiro atoms. The average Bonchev–Trinajstić information content (AvgIpc) is 2.25. The maximum Gasteiger partial charge on any atom is 0.000744 e. The summed E-state index contributed by atoms with van der Waals surface area (Å²) in [4.78, 5) is 0. The first kappa shape index (κ1) is 14.8. The molecular formula is C15H25N. The van der Waals surface area contributed by atoms with Crippen LogP contribution in [0.2, 0.25) is 0 Å². The minimum Gasteiger partial charge on any atom is -0.403 e. The highest BCUT2D eigenvalue weighted by atomic mass is 14.5. The third kappa shape index (κ3) is 12.8. The van der Waals surface area contributed by atoms with E-state index in [-0.39, 0.29) is 0 Å². The second-order valence-corrected chi connectivity index (χ2v) is 3.88. The van der Waals surface area contributed by atoms with Gasteiger partial charge in [-0.05, 0) is 38.5 Å². The number of hydrogen-bond donors (Lipinski definition) is 1. The van der Waals surface area contributed by atoms with Crippen molar-refractivity contribution in [1.82, 2.24) is 0 Å². The molecule has 0 atom stereocenters. The summed E-state index contributed by atoms with van der Waals surface area (Å²) in [5, 5.41) is 0. The number of nitrogens with two attached hydrogens (primary N) is 1. The highest BCUT2D eigenvalue weighted by Gasteiger charge is 1.86. The lowest BCUT2D eigenvalue weighted by Gasteiger charge is -1.96. The molecule has 0 amide bonds. The summed E-state index contributed by atoms with van der Waals surface area (Å²) in [5.74, 6) is 0. The predicted molar refractivity (Wildman–Crippen MR) is 74.1 cm³/mol. The lowest BCUT2D eigenvalue weighted by atomic mass is 10.1. The summed E-state index contributed by atoms with van der Waals surface area (Å²) in [6, 6.07) is 0. The van der Waals surface area contributed by atoms with Crippen LogP contribution in [-0.2, 0) is 0 Å². The third-order valence-electron chi connectivity index (χ3n) is 2.18. The van der Waals surface area contributed by atoms with E-state index in [0.717, 1.165) is 37.8 Å². The molecule has 0 aromatic heterocycles. The number of unbranched alkanes of at least 4 members (excludes halogenated alkanes) is 2. The summed E-state index contributed by atoms with van der Waals surface area (Å²) in [6.45, 7) is 5.83. The van der Waals surface area contributed by atoms with Gasteiger partial charge in [0.2, 0.25) is 0 Å². The van der Waals surface area contributed by atoms with Crippen LogP contribution in [0.25, 0.3) is 0 Å². The van der Waals surface area contributed by atoms with Gasteiger partial charge in [-0.1, -0.05) is 50.0 Å². The SMILES string of the molecule is C=C(N)CCCC/C=C/C=C\C/C=C\CC. The number of rotatable bonds is 9. The molecule has 0 aliphatic heterocycles. The minimum absolute atomic E-state index is 0.798. The van der Waals surface area contributed by atoms with E-state index in [1.54, 1.807) is 0 Å². The molecule has 0 aliphatic carbocycles. The maximum atomic E-state index is 5.48. The van der Waals surface area contributed by atoms with E-state index >= 15 is 0 Å². The van der Waals surface area contributed by atoms with Gasteiger partial charge in [0.25, 0.3) is 0 Å². The van der Waals surface area contributed by atoms with Crippen molar-refractivity contribution < 1.29 is 0 Å². The Morgan fingerprint density at radius 1 is 1.06 bits per heavy atom. The molecule has 0 aromatic carbocycles. The zero-order valence-electron chi connectivity index (χ0n) is 10.5. The zero-order chi connectivity index (χ0) is 12.1. The van der Waals surface area contributed by atoms with Crippen LogP contribution in [0.15, 0.2) is 48.7 Å². The summed E-state index contributed by atoms with van der Waals surface area (Å²) in [6.07, 6.45) is 19.6. The van der Waals surface area contributed by atoms with Crippen molar-refractivity contribution in [2.75, 3.05) is 0 Å². The molecule has 0 aromatic rings. The van der Waals surface area contributed by atoms with E-state index < -0.39 is 0 Å². The fourth-order valence-corrected chi connectivity index (χ4v) is 1.29. The number of allylic oxidation sites excluding steroid dienone is 7. The van der Waals surface area contributed by atoms with Crippen molar-refractivity contribution in [2.45, 2.75) is 45.4 Å². The topological polar surface area (TPSA) is 26.0 Å². The van der Waals surface area contributed by atoms with Gasteiger partial charge in [0, 0.05) is 5.70 Å². The Morgan fingerprint density at radius 2 is 1.81 bits per heavy atom. The Bertz CT molecular complexity index is 246. The van der Waals surface area contributed by atoms with E-state index in [1.165, 1.54) is 6.42 Å². The zero-order valence-corrected chi connectivity index (χ0v) is 10.5. The first-order chi connectivity index (χ1) is 7.77. The third-order valence-corrected chi connectivity index (χ3v) is 2.18. The van der Waals surface area contributed by atoms with Gasteiger partial charge < -0.3 is 5.73 Å². The molecule has 1 nitrogen and oxygen atoms in total. The van der Waals surface area contributed by atoms with Crippen LogP contribution < -0.4 is 5.73 Å². The molecule has 0 saturated heterocycles. The Balaban J connectivity index is 3.33.